The minimum Gasteiger partial charge on any atom is -0.463 e. The van der Waals surface area contributed by atoms with Gasteiger partial charge in [0.15, 0.2) is 5.78 Å². The van der Waals surface area contributed by atoms with Crippen LogP contribution >= 0.6 is 0 Å². The van der Waals surface area contributed by atoms with Crippen molar-refractivity contribution in [2.24, 2.45) is 40.4 Å². The van der Waals surface area contributed by atoms with E-state index in [1.165, 1.54) is 6.92 Å². The van der Waals surface area contributed by atoms with Crippen LogP contribution in [0.5, 0.6) is 0 Å². The van der Waals surface area contributed by atoms with Gasteiger partial charge in [-0.15, -0.1) is 0 Å². The van der Waals surface area contributed by atoms with Crippen LogP contribution in [0.1, 0.15) is 65.7 Å². The molecule has 0 spiro atoms. The number of aliphatic hydroxyl groups excluding tert-OH is 1. The normalized spacial score (nSPS) is 49.0. The molecule has 0 aromatic carbocycles. The number of carbonyl (C=O) groups excluding carboxylic acids is 3. The third-order valence-corrected chi connectivity index (χ3v) is 9.15. The first kappa shape index (κ1) is 21.0. The van der Waals surface area contributed by atoms with Crippen LogP contribution in [0.25, 0.3) is 0 Å². The highest BCUT2D eigenvalue weighted by molar-refractivity contribution is 5.88. The molecule has 0 radical (unpaired) electrons. The Hall–Kier alpha value is -1.30. The van der Waals surface area contributed by atoms with Crippen LogP contribution in [0.4, 0.5) is 4.39 Å². The van der Waals surface area contributed by atoms with Crippen molar-refractivity contribution in [3.8, 4) is 0 Å². The summed E-state index contributed by atoms with van der Waals surface area (Å²) in [5, 5.41) is 9.39. The van der Waals surface area contributed by atoms with Crippen LogP contribution in [0.3, 0.4) is 0 Å². The van der Waals surface area contributed by atoms with Crippen molar-refractivity contribution >= 4 is 17.5 Å². The monoisotopic (exact) mass is 408 g/mol. The molecule has 0 unspecified atom stereocenters. The van der Waals surface area contributed by atoms with E-state index in [1.807, 2.05) is 6.92 Å². The van der Waals surface area contributed by atoms with Gasteiger partial charge in [-0.25, -0.2) is 4.39 Å². The zero-order valence-corrected chi connectivity index (χ0v) is 17.7. The molecule has 162 valence electrons. The molecular weight excluding hydrogens is 375 g/mol. The van der Waals surface area contributed by atoms with Gasteiger partial charge in [0, 0.05) is 25.2 Å². The number of aliphatic hydroxyl groups is 1. The summed E-state index contributed by atoms with van der Waals surface area (Å²) < 4.78 is 20.9. The number of esters is 1. The summed E-state index contributed by atoms with van der Waals surface area (Å²) in [5.74, 6) is -1.00. The molecule has 1 N–H and O–H groups in total. The van der Waals surface area contributed by atoms with E-state index in [0.29, 0.717) is 38.5 Å². The summed E-state index contributed by atoms with van der Waals surface area (Å²) in [6.45, 7) is 4.97. The van der Waals surface area contributed by atoms with Gasteiger partial charge in [-0.2, -0.15) is 0 Å². The van der Waals surface area contributed by atoms with Crippen molar-refractivity contribution in [3.05, 3.63) is 0 Å². The van der Waals surface area contributed by atoms with Crippen LogP contribution < -0.4 is 0 Å². The lowest BCUT2D eigenvalue weighted by Gasteiger charge is -2.60. The predicted molar refractivity (Wildman–Crippen MR) is 104 cm³/mol. The SMILES string of the molecule is CC(=O)O[C@@H]1CC[C@@]2(C)[C@@H](C1)[C@@H](F)C[C@H]1[C@@H]3CC[C@H](C(=O)CO)[C@@]3(C)CC(=O)[C@@H]12. The summed E-state index contributed by atoms with van der Waals surface area (Å²) in [6, 6.07) is 0. The minimum atomic E-state index is -1.03. The summed E-state index contributed by atoms with van der Waals surface area (Å²) in [5.41, 5.74) is -0.883. The number of hydrogen-bond donors (Lipinski definition) is 1. The van der Waals surface area contributed by atoms with Crippen LogP contribution in [-0.2, 0) is 19.1 Å². The van der Waals surface area contributed by atoms with E-state index < -0.39 is 23.6 Å². The second kappa shape index (κ2) is 7.14. The molecule has 0 aromatic heterocycles. The zero-order chi connectivity index (χ0) is 21.1. The van der Waals surface area contributed by atoms with E-state index >= 15 is 4.39 Å². The lowest BCUT2D eigenvalue weighted by atomic mass is 9.44. The number of alkyl halides is 1. The van der Waals surface area contributed by atoms with E-state index in [9.17, 15) is 19.5 Å². The molecule has 4 saturated carbocycles. The maximum absolute atomic E-state index is 15.5. The van der Waals surface area contributed by atoms with E-state index in [4.69, 9.17) is 4.74 Å². The van der Waals surface area contributed by atoms with Gasteiger partial charge in [-0.05, 0) is 67.1 Å². The zero-order valence-electron chi connectivity index (χ0n) is 17.7. The molecule has 0 amide bonds. The molecule has 0 aliphatic heterocycles. The van der Waals surface area contributed by atoms with Crippen LogP contribution in [-0.4, -0.2) is 41.5 Å². The molecule has 0 saturated heterocycles. The van der Waals surface area contributed by atoms with Gasteiger partial charge < -0.3 is 9.84 Å². The largest absolute Gasteiger partial charge is 0.463 e. The molecule has 4 aliphatic rings. The maximum atomic E-state index is 15.5. The molecule has 29 heavy (non-hydrogen) atoms. The number of halogens is 1. The molecule has 4 fully saturated rings. The Morgan fingerprint density at radius 2 is 1.86 bits per heavy atom. The topological polar surface area (TPSA) is 80.7 Å². The molecule has 0 aromatic rings. The van der Waals surface area contributed by atoms with Crippen molar-refractivity contribution in [2.45, 2.75) is 78.0 Å². The molecular formula is C23H33FO5. The van der Waals surface area contributed by atoms with E-state index in [2.05, 4.69) is 6.92 Å². The van der Waals surface area contributed by atoms with Crippen LogP contribution in [0.2, 0.25) is 0 Å². The molecule has 5 nitrogen and oxygen atoms in total. The van der Waals surface area contributed by atoms with Crippen molar-refractivity contribution < 1.29 is 28.6 Å². The van der Waals surface area contributed by atoms with Gasteiger partial charge in [-0.3, -0.25) is 14.4 Å². The van der Waals surface area contributed by atoms with Gasteiger partial charge in [0.25, 0.3) is 0 Å². The first-order valence-corrected chi connectivity index (χ1v) is 11.1. The Morgan fingerprint density at radius 3 is 2.52 bits per heavy atom. The predicted octanol–water partition coefficient (Wildman–Crippen LogP) is 3.27. The molecule has 4 rings (SSSR count). The molecule has 4 aliphatic carbocycles. The Kier molecular flexibility index (Phi) is 5.16. The second-order valence-corrected chi connectivity index (χ2v) is 10.5. The maximum Gasteiger partial charge on any atom is 0.302 e. The second-order valence-electron chi connectivity index (χ2n) is 10.5. The van der Waals surface area contributed by atoms with E-state index in [1.54, 1.807) is 0 Å². The summed E-state index contributed by atoms with van der Waals surface area (Å²) in [6.07, 6.45) is 2.76. The Morgan fingerprint density at radius 1 is 1.14 bits per heavy atom. The van der Waals surface area contributed by atoms with Gasteiger partial charge in [0.05, 0.1) is 0 Å². The van der Waals surface area contributed by atoms with Gasteiger partial charge in [0.1, 0.15) is 24.7 Å². The highest BCUT2D eigenvalue weighted by Gasteiger charge is 2.66. The lowest BCUT2D eigenvalue weighted by molar-refractivity contribution is -0.179. The minimum absolute atomic E-state index is 0.0423. The van der Waals surface area contributed by atoms with Crippen LogP contribution in [0.15, 0.2) is 0 Å². The standard InChI is InChI=1S/C23H33FO5/c1-12(26)29-13-6-7-22(2)17(8-13)18(24)9-14-15-4-5-16(20(28)11-25)23(15,3)10-19(27)21(14)22/h13-18,21,25H,4-11H2,1-3H3/t13-,14+,15+,16-,17+,18+,21-,22+,23+/m1/s1. The first-order chi connectivity index (χ1) is 13.6. The van der Waals surface area contributed by atoms with Gasteiger partial charge in [0.2, 0.25) is 0 Å². The number of Topliss-reactive ketones (excluding diaryl/α,β-unsaturated/α-hetero) is 2. The number of hydrogen-bond acceptors (Lipinski definition) is 5. The Bertz CT molecular complexity index is 722. The number of ketones is 2. The average molecular weight is 409 g/mol. The summed E-state index contributed by atoms with van der Waals surface area (Å²) in [4.78, 5) is 37.2. The lowest BCUT2D eigenvalue weighted by Crippen LogP contribution is -2.61. The molecule has 9 atom stereocenters. The van der Waals surface area contributed by atoms with E-state index in [-0.39, 0.29) is 53.2 Å². The van der Waals surface area contributed by atoms with Crippen molar-refractivity contribution in [3.63, 3.8) is 0 Å². The number of carbonyl (C=O) groups is 3. The van der Waals surface area contributed by atoms with Gasteiger partial charge >= 0.3 is 5.97 Å². The average Bonchev–Trinajstić information content (AvgIpc) is 2.98. The number of rotatable bonds is 3. The fourth-order valence-electron chi connectivity index (χ4n) is 8.01. The highest BCUT2D eigenvalue weighted by atomic mass is 19.1. The Balaban J connectivity index is 1.63. The Labute approximate surface area is 171 Å². The van der Waals surface area contributed by atoms with Gasteiger partial charge in [-0.1, -0.05) is 13.8 Å². The van der Waals surface area contributed by atoms with Crippen LogP contribution in [0, 0.1) is 40.4 Å². The van der Waals surface area contributed by atoms with Crippen molar-refractivity contribution in [1.82, 2.24) is 0 Å². The number of ether oxygens (including phenoxy) is 1. The van der Waals surface area contributed by atoms with Crippen molar-refractivity contribution in [1.29, 1.82) is 0 Å². The third-order valence-electron chi connectivity index (χ3n) is 9.15. The summed E-state index contributed by atoms with van der Waals surface area (Å²) in [7, 11) is 0. The fraction of sp³-hybridized carbons (Fsp3) is 0.870. The molecule has 0 bridgehead atoms. The van der Waals surface area contributed by atoms with Crippen molar-refractivity contribution in [2.75, 3.05) is 6.61 Å². The van der Waals surface area contributed by atoms with E-state index in [0.717, 1.165) is 6.42 Å². The molecule has 0 heterocycles. The smallest absolute Gasteiger partial charge is 0.302 e. The third kappa shape index (κ3) is 3.08. The highest BCUT2D eigenvalue weighted by Crippen LogP contribution is 2.67. The summed E-state index contributed by atoms with van der Waals surface area (Å²) >= 11 is 0. The number of fused-ring (bicyclic) bond motifs is 5. The molecule has 6 heteroatoms. The first-order valence-electron chi connectivity index (χ1n) is 11.1. The fourth-order valence-corrected chi connectivity index (χ4v) is 8.01. The quantitative estimate of drug-likeness (QED) is 0.725.